The van der Waals surface area contributed by atoms with E-state index < -0.39 is 0 Å². The van der Waals surface area contributed by atoms with Gasteiger partial charge >= 0.3 is 0 Å². The van der Waals surface area contributed by atoms with Crippen LogP contribution >= 0.6 is 23.2 Å². The molecule has 0 unspecified atom stereocenters. The highest BCUT2D eigenvalue weighted by Crippen LogP contribution is 2.42. The van der Waals surface area contributed by atoms with Crippen molar-refractivity contribution in [1.82, 2.24) is 74.8 Å². The van der Waals surface area contributed by atoms with Crippen molar-refractivity contribution in [2.45, 2.75) is 34.6 Å². The molecule has 0 aliphatic heterocycles. The van der Waals surface area contributed by atoms with Gasteiger partial charge in [-0.1, -0.05) is 114 Å². The highest BCUT2D eigenvalue weighted by Gasteiger charge is 2.22. The van der Waals surface area contributed by atoms with Crippen LogP contribution in [-0.2, 0) is 0 Å². The summed E-state index contributed by atoms with van der Waals surface area (Å²) >= 11 is 12.4. The second-order valence-corrected chi connectivity index (χ2v) is 30.1. The second kappa shape index (κ2) is 36.7. The van der Waals surface area contributed by atoms with Crippen molar-refractivity contribution in [1.29, 1.82) is 0 Å². The Bertz CT molecular complexity index is 7220. The first kappa shape index (κ1) is 83.6. The highest BCUT2D eigenvalue weighted by molar-refractivity contribution is 6.32. The Morgan fingerprint density at radius 2 is 0.556 bits per heavy atom. The summed E-state index contributed by atoms with van der Waals surface area (Å²) < 4.78 is 56.0. The van der Waals surface area contributed by atoms with Crippen molar-refractivity contribution in [3.63, 3.8) is 0 Å². The Hall–Kier alpha value is -16.1. The van der Waals surface area contributed by atoms with E-state index in [1.165, 1.54) is 62.0 Å². The molecule has 0 saturated heterocycles. The molecule has 0 fully saturated rings. The maximum Gasteiger partial charge on any atom is 0.135 e. The molecule has 0 saturated carbocycles. The molecule has 26 heteroatoms. The average Bonchev–Trinajstić information content (AvgIpc) is 0.782. The molecule has 20 aromatic rings. The quantitative estimate of drug-likeness (QED) is 0.0794. The number of rotatable bonds is 10. The van der Waals surface area contributed by atoms with Crippen LogP contribution in [0.4, 0.5) is 46.7 Å². The topological polar surface area (TPSA) is 323 Å². The highest BCUT2D eigenvalue weighted by atomic mass is 35.5. The standard InChI is InChI=1S/C20H14ClFN4.C20H15ClN4.3C20H15FN4/c1-11-7-13(21)9-16(18(11)22)19-14(3-2-6-24-19)12-4-5-17-15(8-12)20(23)26-10-25-17;2*1-12-14(4-2-6-17(12)21)19-15(5-3-9-23-19)13-7-8-18-16(10-13)20(22)25-11-24-18;1-12-9-14(21)5-6-15(12)19-16(3-2-8-23-19)13-4-7-18-17(10-13)20(22)25-11-24-18;1-12-4-6-14(21)10-16(12)19-15(3-2-8-23-19)13-5-7-18-17(9-13)20(22)25-11-24-18/h2-10H,1H3,(H2,23,25,26);4*2-11H,1H3,(H2,22,24,25). The van der Waals surface area contributed by atoms with Gasteiger partial charge < -0.3 is 28.7 Å². The molecule has 10 aromatic heterocycles. The monoisotopic (exact) mass is 1700 g/mol. The van der Waals surface area contributed by atoms with Gasteiger partial charge in [0, 0.05) is 124 Å². The predicted molar refractivity (Wildman–Crippen MR) is 497 cm³/mol. The molecule has 126 heavy (non-hydrogen) atoms. The summed E-state index contributed by atoms with van der Waals surface area (Å²) in [6.45, 7) is 9.27. The zero-order valence-electron chi connectivity index (χ0n) is 68.2. The molecule has 0 aliphatic carbocycles. The molecule has 0 atom stereocenters. The maximum atomic E-state index is 14.7. The molecule has 10 N–H and O–H groups in total. The van der Waals surface area contributed by atoms with E-state index in [0.29, 0.717) is 56.5 Å². The lowest BCUT2D eigenvalue weighted by Gasteiger charge is -2.13. The minimum Gasteiger partial charge on any atom is -0.383 e. The van der Waals surface area contributed by atoms with Gasteiger partial charge in [-0.15, -0.1) is 0 Å². The summed E-state index contributed by atoms with van der Waals surface area (Å²) in [4.78, 5) is 64.0. The zero-order chi connectivity index (χ0) is 87.8. The van der Waals surface area contributed by atoms with Crippen LogP contribution in [0.2, 0.25) is 10.0 Å². The van der Waals surface area contributed by atoms with Crippen LogP contribution in [0, 0.1) is 57.9 Å². The van der Waals surface area contributed by atoms with Gasteiger partial charge in [0.15, 0.2) is 0 Å². The van der Waals surface area contributed by atoms with E-state index in [4.69, 9.17) is 51.9 Å². The summed E-state index contributed by atoms with van der Waals surface area (Å²) in [7, 11) is 0. The molecule has 10 heterocycles. The van der Waals surface area contributed by atoms with Crippen LogP contribution in [0.5, 0.6) is 0 Å². The number of nitrogens with zero attached hydrogens (tertiary/aromatic N) is 15. The molecular formula is C100H74Cl2F4N20. The summed E-state index contributed by atoms with van der Waals surface area (Å²) in [5, 5.41) is 5.12. The third-order valence-electron chi connectivity index (χ3n) is 21.3. The number of nitrogen functional groups attached to an aromatic ring is 5. The lowest BCUT2D eigenvalue weighted by atomic mass is 9.95. The Balaban J connectivity index is 0.000000116. The van der Waals surface area contributed by atoms with E-state index in [2.05, 4.69) is 74.8 Å². The van der Waals surface area contributed by atoms with Crippen LogP contribution in [0.3, 0.4) is 0 Å². The Kier molecular flexibility index (Phi) is 24.4. The molecule has 0 spiro atoms. The number of anilines is 5. The zero-order valence-corrected chi connectivity index (χ0v) is 69.7. The first-order valence-corrected chi connectivity index (χ1v) is 40.1. The van der Waals surface area contributed by atoms with Crippen molar-refractivity contribution in [3.05, 3.63) is 360 Å². The molecule has 0 aliphatic rings. The van der Waals surface area contributed by atoms with E-state index in [0.717, 1.165) is 177 Å². The fourth-order valence-corrected chi connectivity index (χ4v) is 15.3. The van der Waals surface area contributed by atoms with Crippen LogP contribution < -0.4 is 28.7 Å². The minimum absolute atomic E-state index is 0.245. The molecular weight excluding hydrogens is 1630 g/mol. The van der Waals surface area contributed by atoms with Gasteiger partial charge in [0.2, 0.25) is 0 Å². The second-order valence-electron chi connectivity index (χ2n) is 29.3. The van der Waals surface area contributed by atoms with E-state index >= 15 is 0 Å². The number of nitrogens with two attached hydrogens (primary N) is 5. The summed E-state index contributed by atoms with van der Waals surface area (Å²) in [5.74, 6) is 1.04. The van der Waals surface area contributed by atoms with Gasteiger partial charge in [0.1, 0.15) is 84.0 Å². The Morgan fingerprint density at radius 1 is 0.238 bits per heavy atom. The van der Waals surface area contributed by atoms with E-state index in [9.17, 15) is 17.6 Å². The van der Waals surface area contributed by atoms with Crippen LogP contribution in [0.15, 0.2) is 299 Å². The summed E-state index contributed by atoms with van der Waals surface area (Å²) in [6, 6.07) is 71.8. The number of aromatic nitrogens is 15. The van der Waals surface area contributed by atoms with E-state index in [1.54, 1.807) is 75.2 Å². The van der Waals surface area contributed by atoms with Crippen molar-refractivity contribution >= 4 is 107 Å². The lowest BCUT2D eigenvalue weighted by molar-refractivity contribution is 0.619. The van der Waals surface area contributed by atoms with Crippen molar-refractivity contribution in [3.8, 4) is 112 Å². The third-order valence-corrected chi connectivity index (χ3v) is 22.0. The average molecular weight is 1700 g/mol. The van der Waals surface area contributed by atoms with E-state index in [-0.39, 0.29) is 23.3 Å². The fourth-order valence-electron chi connectivity index (χ4n) is 14.9. The normalized spacial score (nSPS) is 11.0. The SMILES string of the molecule is Cc1c(Cl)cccc1-c1ncccc1-c1ccc2ncnc(N)c2c1.Cc1c(F)cccc1-c1ncccc1-c1ccc2ncnc(N)c2c1.Cc1cc(Cl)cc(-c2ncccc2-c2ccc3ncnc(N)c3c2)c1F.Cc1cc(F)ccc1-c1ncccc1-c1ccc2ncnc(N)c2c1.Cc1ccc(F)cc1-c1ncccc1-c1ccc2ncnc(N)c2c1. The number of hydrogen-bond donors (Lipinski definition) is 5. The number of benzene rings is 10. The molecule has 616 valence electrons. The number of aryl methyl sites for hydroxylation is 3. The lowest BCUT2D eigenvalue weighted by Crippen LogP contribution is -1.96. The minimum atomic E-state index is -0.335. The smallest absolute Gasteiger partial charge is 0.135 e. The summed E-state index contributed by atoms with van der Waals surface area (Å²) in [6.07, 6.45) is 15.8. The van der Waals surface area contributed by atoms with Gasteiger partial charge in [-0.3, -0.25) is 24.9 Å². The first-order chi connectivity index (χ1) is 61.1. The van der Waals surface area contributed by atoms with Gasteiger partial charge in [-0.25, -0.2) is 67.4 Å². The van der Waals surface area contributed by atoms with Crippen LogP contribution in [-0.4, -0.2) is 74.8 Å². The molecule has 20 nitrogen and oxygen atoms in total. The number of fused-ring (bicyclic) bond motifs is 5. The van der Waals surface area contributed by atoms with E-state index in [1.807, 2.05) is 197 Å². The first-order valence-electron chi connectivity index (χ1n) is 39.4. The third kappa shape index (κ3) is 17.7. The number of pyridine rings is 5. The summed E-state index contributed by atoms with van der Waals surface area (Å²) in [5.41, 5.74) is 54.4. The van der Waals surface area contributed by atoms with Crippen molar-refractivity contribution < 1.29 is 17.6 Å². The molecule has 0 bridgehead atoms. The fraction of sp³-hybridized carbons (Fsp3) is 0.0500. The molecule has 20 rings (SSSR count). The van der Waals surface area contributed by atoms with Crippen molar-refractivity contribution in [2.24, 2.45) is 0 Å². The van der Waals surface area contributed by atoms with Gasteiger partial charge in [0.25, 0.3) is 0 Å². The van der Waals surface area contributed by atoms with Gasteiger partial charge in [0.05, 0.1) is 56.1 Å². The molecule has 10 aromatic carbocycles. The van der Waals surface area contributed by atoms with Gasteiger partial charge in [-0.2, -0.15) is 0 Å². The van der Waals surface area contributed by atoms with Crippen LogP contribution in [0.25, 0.3) is 166 Å². The van der Waals surface area contributed by atoms with Crippen LogP contribution in [0.1, 0.15) is 27.8 Å². The molecule has 0 amide bonds. The van der Waals surface area contributed by atoms with Crippen molar-refractivity contribution in [2.75, 3.05) is 28.7 Å². The Morgan fingerprint density at radius 3 is 0.929 bits per heavy atom. The predicted octanol–water partition coefficient (Wildman–Crippen LogP) is 23.1. The number of halogens is 6. The number of hydrogen-bond acceptors (Lipinski definition) is 20. The Labute approximate surface area is 730 Å². The van der Waals surface area contributed by atoms with Gasteiger partial charge in [-0.05, 0) is 236 Å². The maximum absolute atomic E-state index is 14.7. The molecule has 0 radical (unpaired) electrons. The largest absolute Gasteiger partial charge is 0.383 e.